The third-order valence-electron chi connectivity index (χ3n) is 4.03. The summed E-state index contributed by atoms with van der Waals surface area (Å²) in [5.41, 5.74) is 0.219. The SMILES string of the molecule is C[C@H]1C[C@H](C)CN(S(=O)(=O)c2ccc(C(=O)O[C@@H](C)C#N)cc2)C1. The first kappa shape index (κ1) is 18.4. The lowest BCUT2D eigenvalue weighted by atomic mass is 9.94. The van der Waals surface area contributed by atoms with E-state index < -0.39 is 22.1 Å². The van der Waals surface area contributed by atoms with Crippen molar-refractivity contribution < 1.29 is 17.9 Å². The van der Waals surface area contributed by atoms with Gasteiger partial charge in [0.25, 0.3) is 0 Å². The summed E-state index contributed by atoms with van der Waals surface area (Å²) < 4.78 is 31.9. The molecule has 130 valence electrons. The van der Waals surface area contributed by atoms with E-state index in [9.17, 15) is 13.2 Å². The number of sulfonamides is 1. The van der Waals surface area contributed by atoms with Gasteiger partial charge in [-0.3, -0.25) is 0 Å². The van der Waals surface area contributed by atoms with Crippen LogP contribution < -0.4 is 0 Å². The molecule has 0 aliphatic carbocycles. The lowest BCUT2D eigenvalue weighted by Crippen LogP contribution is -2.42. The Hall–Kier alpha value is -1.91. The lowest BCUT2D eigenvalue weighted by Gasteiger charge is -2.34. The number of nitriles is 1. The van der Waals surface area contributed by atoms with Crippen molar-refractivity contribution in [3.8, 4) is 6.07 Å². The Morgan fingerprint density at radius 1 is 1.25 bits per heavy atom. The van der Waals surface area contributed by atoms with Crippen molar-refractivity contribution in [2.45, 2.75) is 38.2 Å². The van der Waals surface area contributed by atoms with Crippen molar-refractivity contribution in [1.82, 2.24) is 4.31 Å². The van der Waals surface area contributed by atoms with Crippen LogP contribution in [0.1, 0.15) is 37.6 Å². The maximum Gasteiger partial charge on any atom is 0.339 e. The highest BCUT2D eigenvalue weighted by Gasteiger charge is 2.31. The van der Waals surface area contributed by atoms with Crippen LogP contribution in [-0.4, -0.2) is 37.9 Å². The number of carbonyl (C=O) groups is 1. The Kier molecular flexibility index (Phi) is 5.62. The minimum absolute atomic E-state index is 0.161. The summed E-state index contributed by atoms with van der Waals surface area (Å²) in [6.07, 6.45) is 0.172. The van der Waals surface area contributed by atoms with E-state index in [4.69, 9.17) is 10.00 Å². The Balaban J connectivity index is 2.17. The second kappa shape index (κ2) is 7.32. The number of hydrogen-bond acceptors (Lipinski definition) is 5. The fourth-order valence-electron chi connectivity index (χ4n) is 2.97. The number of rotatable bonds is 4. The normalized spacial score (nSPS) is 23.2. The maximum absolute atomic E-state index is 12.8. The molecule has 1 aromatic carbocycles. The lowest BCUT2D eigenvalue weighted by molar-refractivity contribution is 0.0435. The zero-order valence-electron chi connectivity index (χ0n) is 14.1. The summed E-state index contributed by atoms with van der Waals surface area (Å²) in [5, 5.41) is 8.66. The summed E-state index contributed by atoms with van der Waals surface area (Å²) >= 11 is 0. The van der Waals surface area contributed by atoms with E-state index in [-0.39, 0.29) is 10.5 Å². The molecule has 0 spiro atoms. The topological polar surface area (TPSA) is 87.5 Å². The molecule has 0 amide bonds. The smallest absolute Gasteiger partial charge is 0.339 e. The van der Waals surface area contributed by atoms with Crippen LogP contribution in [0.5, 0.6) is 0 Å². The molecular weight excluding hydrogens is 328 g/mol. The van der Waals surface area contributed by atoms with Crippen LogP contribution in [0.3, 0.4) is 0 Å². The highest BCUT2D eigenvalue weighted by molar-refractivity contribution is 7.89. The van der Waals surface area contributed by atoms with Gasteiger partial charge in [-0.2, -0.15) is 9.57 Å². The van der Waals surface area contributed by atoms with E-state index in [0.29, 0.717) is 24.9 Å². The molecule has 7 heteroatoms. The molecule has 1 aliphatic rings. The van der Waals surface area contributed by atoms with Crippen LogP contribution in [0.4, 0.5) is 0 Å². The van der Waals surface area contributed by atoms with E-state index in [2.05, 4.69) is 0 Å². The maximum atomic E-state index is 12.8. The third-order valence-corrected chi connectivity index (χ3v) is 5.87. The van der Waals surface area contributed by atoms with Crippen molar-refractivity contribution in [3.05, 3.63) is 29.8 Å². The van der Waals surface area contributed by atoms with Crippen LogP contribution in [0.25, 0.3) is 0 Å². The van der Waals surface area contributed by atoms with Crippen molar-refractivity contribution in [1.29, 1.82) is 5.26 Å². The number of piperidine rings is 1. The summed E-state index contributed by atoms with van der Waals surface area (Å²) in [6, 6.07) is 7.45. The second-order valence-electron chi connectivity index (χ2n) is 6.47. The number of ether oxygens (including phenoxy) is 1. The average molecular weight is 350 g/mol. The van der Waals surface area contributed by atoms with E-state index in [1.807, 2.05) is 13.8 Å². The highest BCUT2D eigenvalue weighted by atomic mass is 32.2. The second-order valence-corrected chi connectivity index (χ2v) is 8.41. The van der Waals surface area contributed by atoms with Crippen molar-refractivity contribution in [3.63, 3.8) is 0 Å². The highest BCUT2D eigenvalue weighted by Crippen LogP contribution is 2.26. The molecule has 0 unspecified atom stereocenters. The predicted molar refractivity (Wildman–Crippen MR) is 88.6 cm³/mol. The standard InChI is InChI=1S/C17H22N2O4S/c1-12-8-13(2)11-19(10-12)24(21,22)16-6-4-15(5-7-16)17(20)23-14(3)9-18/h4-7,12-14H,8,10-11H2,1-3H3/t12-,13-,14-/m0/s1. The quantitative estimate of drug-likeness (QED) is 0.778. The summed E-state index contributed by atoms with van der Waals surface area (Å²) in [5.74, 6) is 0.00343. The number of esters is 1. The molecule has 2 rings (SSSR count). The van der Waals surface area contributed by atoms with Gasteiger partial charge in [-0.25, -0.2) is 13.2 Å². The van der Waals surface area contributed by atoms with E-state index >= 15 is 0 Å². The van der Waals surface area contributed by atoms with Crippen LogP contribution in [-0.2, 0) is 14.8 Å². The van der Waals surface area contributed by atoms with Gasteiger partial charge in [0.05, 0.1) is 10.5 Å². The minimum atomic E-state index is -3.57. The van der Waals surface area contributed by atoms with Crippen LogP contribution in [0, 0.1) is 23.2 Å². The molecule has 1 aliphatic heterocycles. The predicted octanol–water partition coefficient (Wildman–Crippen LogP) is 2.42. The van der Waals surface area contributed by atoms with Crippen molar-refractivity contribution >= 4 is 16.0 Å². The largest absolute Gasteiger partial charge is 0.444 e. The summed E-state index contributed by atoms with van der Waals surface area (Å²) in [6.45, 7) is 6.59. The zero-order valence-corrected chi connectivity index (χ0v) is 14.9. The van der Waals surface area contributed by atoms with Gasteiger partial charge in [-0.05, 0) is 49.4 Å². The molecule has 24 heavy (non-hydrogen) atoms. The van der Waals surface area contributed by atoms with Crippen LogP contribution >= 0.6 is 0 Å². The van der Waals surface area contributed by atoms with Crippen LogP contribution in [0.15, 0.2) is 29.2 Å². The van der Waals surface area contributed by atoms with E-state index in [1.165, 1.54) is 35.5 Å². The molecule has 1 aromatic rings. The summed E-state index contributed by atoms with van der Waals surface area (Å²) in [4.78, 5) is 12.0. The molecule has 0 bridgehead atoms. The van der Waals surface area contributed by atoms with Gasteiger partial charge in [0.15, 0.2) is 6.10 Å². The number of carbonyl (C=O) groups excluding carboxylic acids is 1. The molecule has 0 saturated carbocycles. The Labute approximate surface area is 143 Å². The molecule has 0 N–H and O–H groups in total. The fraction of sp³-hybridized carbons (Fsp3) is 0.529. The van der Waals surface area contributed by atoms with Gasteiger partial charge in [0, 0.05) is 13.1 Å². The molecule has 1 saturated heterocycles. The van der Waals surface area contributed by atoms with Crippen molar-refractivity contribution in [2.24, 2.45) is 11.8 Å². The van der Waals surface area contributed by atoms with Crippen LogP contribution in [0.2, 0.25) is 0 Å². The minimum Gasteiger partial charge on any atom is -0.444 e. The molecule has 3 atom stereocenters. The average Bonchev–Trinajstić information content (AvgIpc) is 2.53. The number of benzene rings is 1. The van der Waals surface area contributed by atoms with Gasteiger partial charge >= 0.3 is 5.97 Å². The van der Waals surface area contributed by atoms with E-state index in [0.717, 1.165) is 6.42 Å². The van der Waals surface area contributed by atoms with E-state index in [1.54, 1.807) is 6.07 Å². The monoisotopic (exact) mass is 350 g/mol. The summed E-state index contributed by atoms with van der Waals surface area (Å²) in [7, 11) is -3.57. The Morgan fingerprint density at radius 3 is 2.29 bits per heavy atom. The third kappa shape index (κ3) is 4.13. The molecular formula is C17H22N2O4S. The Bertz CT molecular complexity index is 727. The first-order chi connectivity index (χ1) is 11.2. The fourth-order valence-corrected chi connectivity index (χ4v) is 4.65. The molecule has 0 radical (unpaired) electrons. The first-order valence-electron chi connectivity index (χ1n) is 7.95. The van der Waals surface area contributed by atoms with Gasteiger partial charge in [0.2, 0.25) is 10.0 Å². The van der Waals surface area contributed by atoms with Gasteiger partial charge in [0.1, 0.15) is 6.07 Å². The van der Waals surface area contributed by atoms with Gasteiger partial charge < -0.3 is 4.74 Å². The van der Waals surface area contributed by atoms with Gasteiger partial charge in [-0.1, -0.05) is 13.8 Å². The molecule has 1 heterocycles. The Morgan fingerprint density at radius 2 is 1.79 bits per heavy atom. The molecule has 6 nitrogen and oxygen atoms in total. The molecule has 0 aromatic heterocycles. The van der Waals surface area contributed by atoms with Gasteiger partial charge in [-0.15, -0.1) is 0 Å². The number of nitrogens with zero attached hydrogens (tertiary/aromatic N) is 2. The van der Waals surface area contributed by atoms with Crippen molar-refractivity contribution in [2.75, 3.05) is 13.1 Å². The zero-order chi connectivity index (χ0) is 17.9. The first-order valence-corrected chi connectivity index (χ1v) is 9.39. The molecule has 1 fully saturated rings. The number of hydrogen-bond donors (Lipinski definition) is 0.